The molecule has 3 heteroatoms. The maximum Gasteiger partial charge on any atom is 0.188 e. The van der Waals surface area contributed by atoms with E-state index in [2.05, 4.69) is 20.4 Å². The van der Waals surface area contributed by atoms with Crippen LogP contribution in [0.25, 0.3) is 0 Å². The predicted octanol–water partition coefficient (Wildman–Crippen LogP) is 11.3. The van der Waals surface area contributed by atoms with Gasteiger partial charge in [-0.3, -0.25) is 0 Å². The highest BCUT2D eigenvalue weighted by atomic mass is 16.7. The molecule has 0 unspecified atom stereocenters. The summed E-state index contributed by atoms with van der Waals surface area (Å²) in [6.07, 6.45) is 34.4. The van der Waals surface area contributed by atoms with Gasteiger partial charge in [0.25, 0.3) is 0 Å². The van der Waals surface area contributed by atoms with Crippen molar-refractivity contribution in [3.05, 3.63) is 12.7 Å². The van der Waals surface area contributed by atoms with Gasteiger partial charge in [0.1, 0.15) is 6.61 Å². The Labute approximate surface area is 233 Å². The van der Waals surface area contributed by atoms with Crippen molar-refractivity contribution in [3.8, 4) is 0 Å². The lowest BCUT2D eigenvalue weighted by molar-refractivity contribution is -0.250. The van der Waals surface area contributed by atoms with E-state index in [1.54, 1.807) is 6.08 Å². The molecule has 0 aromatic heterocycles. The third-order valence-electron chi connectivity index (χ3n) is 7.41. The standard InChI is InChI=1S/C34H68O3/c1-5-8-10-12-14-16-18-20-22-24-26-28-31-36-34(4,33-35-30-7-3)37-32-29-27-25-23-21-19-17-15-13-11-9-6-2/h7H,3,5-6,8-33H2,1-2,4H3. The van der Waals surface area contributed by atoms with Crippen LogP contribution in [-0.2, 0) is 14.2 Å². The van der Waals surface area contributed by atoms with Crippen LogP contribution >= 0.6 is 0 Å². The van der Waals surface area contributed by atoms with Gasteiger partial charge in [-0.05, 0) is 19.8 Å². The van der Waals surface area contributed by atoms with E-state index in [4.69, 9.17) is 14.2 Å². The van der Waals surface area contributed by atoms with Gasteiger partial charge in [0.15, 0.2) is 5.79 Å². The number of rotatable bonds is 32. The Morgan fingerprint density at radius 3 is 1.08 bits per heavy atom. The lowest BCUT2D eigenvalue weighted by atomic mass is 10.1. The molecule has 0 aliphatic rings. The fourth-order valence-electron chi connectivity index (χ4n) is 4.91. The van der Waals surface area contributed by atoms with E-state index in [-0.39, 0.29) is 0 Å². The minimum Gasteiger partial charge on any atom is -0.372 e. The van der Waals surface area contributed by atoms with Gasteiger partial charge in [-0.25, -0.2) is 0 Å². The molecule has 0 aliphatic carbocycles. The molecule has 0 N–H and O–H groups in total. The average molecular weight is 525 g/mol. The third kappa shape index (κ3) is 28.4. The van der Waals surface area contributed by atoms with Gasteiger partial charge in [-0.15, -0.1) is 6.58 Å². The topological polar surface area (TPSA) is 27.7 Å². The Morgan fingerprint density at radius 1 is 0.486 bits per heavy atom. The molecule has 0 spiro atoms. The molecular weight excluding hydrogens is 456 g/mol. The molecule has 0 aromatic rings. The summed E-state index contributed by atoms with van der Waals surface area (Å²) in [7, 11) is 0. The maximum absolute atomic E-state index is 6.19. The normalized spacial score (nSPS) is 11.9. The first-order chi connectivity index (χ1) is 18.2. The quantitative estimate of drug-likeness (QED) is 0.0497. The summed E-state index contributed by atoms with van der Waals surface area (Å²) in [5.74, 6) is -0.640. The van der Waals surface area contributed by atoms with Gasteiger partial charge < -0.3 is 14.2 Å². The summed E-state index contributed by atoms with van der Waals surface area (Å²) < 4.78 is 18.1. The van der Waals surface area contributed by atoms with Crippen molar-refractivity contribution in [2.24, 2.45) is 0 Å². The number of hydrogen-bond acceptors (Lipinski definition) is 3. The third-order valence-corrected chi connectivity index (χ3v) is 7.41. The van der Waals surface area contributed by atoms with E-state index < -0.39 is 5.79 Å². The van der Waals surface area contributed by atoms with Crippen LogP contribution in [0.2, 0.25) is 0 Å². The molecule has 0 radical (unpaired) electrons. The lowest BCUT2D eigenvalue weighted by Crippen LogP contribution is -2.38. The van der Waals surface area contributed by atoms with E-state index in [0.717, 1.165) is 26.1 Å². The summed E-state index contributed by atoms with van der Waals surface area (Å²) in [5.41, 5.74) is 0. The highest BCUT2D eigenvalue weighted by Gasteiger charge is 2.26. The maximum atomic E-state index is 6.19. The molecular formula is C34H68O3. The van der Waals surface area contributed by atoms with Crippen molar-refractivity contribution >= 4 is 0 Å². The summed E-state index contributed by atoms with van der Waals surface area (Å²) in [6, 6.07) is 0. The second kappa shape index (κ2) is 30.2. The van der Waals surface area contributed by atoms with Gasteiger partial charge in [0.05, 0.1) is 19.8 Å². The Hall–Kier alpha value is -0.380. The minimum absolute atomic E-state index is 0.468. The molecule has 222 valence electrons. The van der Waals surface area contributed by atoms with Crippen LogP contribution in [0.5, 0.6) is 0 Å². The Bertz CT molecular complexity index is 407. The Morgan fingerprint density at radius 2 is 0.784 bits per heavy atom. The van der Waals surface area contributed by atoms with Crippen LogP contribution < -0.4 is 0 Å². The van der Waals surface area contributed by atoms with Crippen molar-refractivity contribution in [2.75, 3.05) is 26.4 Å². The monoisotopic (exact) mass is 525 g/mol. The predicted molar refractivity (Wildman–Crippen MR) is 163 cm³/mol. The summed E-state index contributed by atoms with van der Waals surface area (Å²) in [5, 5.41) is 0. The summed E-state index contributed by atoms with van der Waals surface area (Å²) >= 11 is 0. The number of hydrogen-bond donors (Lipinski definition) is 0. The van der Waals surface area contributed by atoms with E-state index >= 15 is 0 Å². The van der Waals surface area contributed by atoms with Crippen molar-refractivity contribution in [2.45, 2.75) is 181 Å². The smallest absolute Gasteiger partial charge is 0.188 e. The van der Waals surface area contributed by atoms with Gasteiger partial charge in [-0.2, -0.15) is 0 Å². The second-order valence-corrected chi connectivity index (χ2v) is 11.4. The van der Waals surface area contributed by atoms with E-state index in [0.29, 0.717) is 13.2 Å². The fraction of sp³-hybridized carbons (Fsp3) is 0.941. The molecule has 0 aliphatic heterocycles. The zero-order valence-electron chi connectivity index (χ0n) is 25.8. The van der Waals surface area contributed by atoms with Crippen molar-refractivity contribution in [1.29, 1.82) is 0 Å². The zero-order valence-corrected chi connectivity index (χ0v) is 25.8. The van der Waals surface area contributed by atoms with Crippen LogP contribution in [0.4, 0.5) is 0 Å². The van der Waals surface area contributed by atoms with E-state index in [1.807, 2.05) is 6.92 Å². The molecule has 0 fully saturated rings. The number of unbranched alkanes of at least 4 members (excludes halogenated alkanes) is 22. The first kappa shape index (κ1) is 36.6. The molecule has 3 nitrogen and oxygen atoms in total. The average Bonchev–Trinajstić information content (AvgIpc) is 2.90. The molecule has 0 atom stereocenters. The van der Waals surface area contributed by atoms with Crippen LogP contribution in [0.15, 0.2) is 12.7 Å². The molecule has 37 heavy (non-hydrogen) atoms. The summed E-state index contributed by atoms with van der Waals surface area (Å²) in [6.45, 7) is 12.9. The second-order valence-electron chi connectivity index (χ2n) is 11.4. The SMILES string of the molecule is C=CCOCC(C)(OCCCCCCCCCCCCCC)OCCCCCCCCCCCCCC. The van der Waals surface area contributed by atoms with E-state index in [9.17, 15) is 0 Å². The van der Waals surface area contributed by atoms with Gasteiger partial charge in [-0.1, -0.05) is 161 Å². The van der Waals surface area contributed by atoms with Gasteiger partial charge in [0, 0.05) is 0 Å². The van der Waals surface area contributed by atoms with Crippen LogP contribution in [0.1, 0.15) is 175 Å². The van der Waals surface area contributed by atoms with Crippen molar-refractivity contribution < 1.29 is 14.2 Å². The first-order valence-electron chi connectivity index (χ1n) is 16.6. The van der Waals surface area contributed by atoms with Crippen molar-refractivity contribution in [3.63, 3.8) is 0 Å². The molecule has 0 bridgehead atoms. The zero-order chi connectivity index (χ0) is 27.1. The molecule has 0 saturated carbocycles. The van der Waals surface area contributed by atoms with Crippen LogP contribution in [-0.4, -0.2) is 32.2 Å². The molecule has 0 heterocycles. The van der Waals surface area contributed by atoms with Gasteiger partial charge in [0.2, 0.25) is 0 Å². The van der Waals surface area contributed by atoms with Gasteiger partial charge >= 0.3 is 0 Å². The van der Waals surface area contributed by atoms with Crippen LogP contribution in [0.3, 0.4) is 0 Å². The minimum atomic E-state index is -0.640. The Kier molecular flexibility index (Phi) is 29.9. The van der Waals surface area contributed by atoms with Crippen molar-refractivity contribution in [1.82, 2.24) is 0 Å². The first-order valence-corrected chi connectivity index (χ1v) is 16.6. The lowest BCUT2D eigenvalue weighted by Gasteiger charge is -2.30. The molecule has 0 aromatic carbocycles. The molecule has 0 saturated heterocycles. The molecule has 0 amide bonds. The molecule has 0 rings (SSSR count). The van der Waals surface area contributed by atoms with Crippen LogP contribution in [0, 0.1) is 0 Å². The highest BCUT2D eigenvalue weighted by Crippen LogP contribution is 2.18. The Balaban J connectivity index is 3.74. The highest BCUT2D eigenvalue weighted by molar-refractivity contribution is 4.68. The fourth-order valence-corrected chi connectivity index (χ4v) is 4.91. The summed E-state index contributed by atoms with van der Waals surface area (Å²) in [4.78, 5) is 0. The number of ether oxygens (including phenoxy) is 3. The van der Waals surface area contributed by atoms with E-state index in [1.165, 1.54) is 141 Å². The largest absolute Gasteiger partial charge is 0.372 e.